The Morgan fingerprint density at radius 3 is 2.75 bits per heavy atom. The molecule has 0 aliphatic carbocycles. The van der Waals surface area contributed by atoms with Crippen molar-refractivity contribution in [3.05, 3.63) is 23.8 Å². The molecule has 1 N–H and O–H groups in total. The van der Waals surface area contributed by atoms with Crippen LogP contribution in [0.2, 0.25) is 0 Å². The first-order chi connectivity index (χ1) is 7.86. The quantitative estimate of drug-likeness (QED) is 0.827. The maximum absolute atomic E-state index is 3.51. The second-order valence-corrected chi connectivity index (χ2v) is 5.79. The van der Waals surface area contributed by atoms with E-state index in [1.54, 1.807) is 5.56 Å². The molecule has 3 heteroatoms. The highest BCUT2D eigenvalue weighted by Gasteiger charge is 2.19. The molecule has 0 spiro atoms. The zero-order valence-electron chi connectivity index (χ0n) is 9.95. The number of piperidine rings is 1. The fraction of sp³-hybridized carbons (Fsp3) is 0.538. The van der Waals surface area contributed by atoms with E-state index in [2.05, 4.69) is 36.0 Å². The lowest BCUT2D eigenvalue weighted by Crippen LogP contribution is -2.28. The van der Waals surface area contributed by atoms with Crippen molar-refractivity contribution in [2.24, 2.45) is 0 Å². The lowest BCUT2D eigenvalue weighted by Gasteiger charge is -2.25. The Hall–Kier alpha value is -0.120. The van der Waals surface area contributed by atoms with Gasteiger partial charge in [-0.05, 0) is 49.4 Å². The maximum Gasteiger partial charge on any atom is 0.0240 e. The molecule has 1 aromatic carbocycles. The van der Waals surface area contributed by atoms with E-state index in [-0.39, 0.29) is 0 Å². The molecule has 1 aliphatic heterocycles. The molecule has 0 radical (unpaired) electrons. The average molecular weight is 253 g/mol. The number of rotatable bonds is 3. The number of benzene rings is 1. The van der Waals surface area contributed by atoms with Gasteiger partial charge >= 0.3 is 0 Å². The Bertz CT molecular complexity index is 346. The van der Waals surface area contributed by atoms with Crippen LogP contribution in [-0.2, 0) is 0 Å². The Labute approximate surface area is 107 Å². The fourth-order valence-corrected chi connectivity index (χ4v) is 4.11. The third-order valence-corrected chi connectivity index (χ3v) is 4.94. The number of thioether (sulfide) groups is 2. The highest BCUT2D eigenvalue weighted by atomic mass is 32.2. The van der Waals surface area contributed by atoms with E-state index in [0.717, 1.165) is 6.54 Å². The molecular formula is C13H19NS2. The Balaban J connectivity index is 2.30. The first-order valence-corrected chi connectivity index (χ1v) is 8.23. The number of hydrogen-bond acceptors (Lipinski definition) is 3. The molecule has 1 nitrogen and oxygen atoms in total. The van der Waals surface area contributed by atoms with Gasteiger partial charge in [-0.2, -0.15) is 0 Å². The van der Waals surface area contributed by atoms with Gasteiger partial charge in [0.15, 0.2) is 0 Å². The van der Waals surface area contributed by atoms with Crippen molar-refractivity contribution in [3.63, 3.8) is 0 Å². The van der Waals surface area contributed by atoms with Crippen LogP contribution in [0.5, 0.6) is 0 Å². The van der Waals surface area contributed by atoms with Crippen molar-refractivity contribution in [1.82, 2.24) is 5.32 Å². The van der Waals surface area contributed by atoms with Gasteiger partial charge in [0, 0.05) is 16.3 Å². The summed E-state index contributed by atoms with van der Waals surface area (Å²) in [7, 11) is 0. The van der Waals surface area contributed by atoms with Gasteiger partial charge in [-0.15, -0.1) is 23.5 Å². The largest absolute Gasteiger partial charge is 0.316 e. The van der Waals surface area contributed by atoms with E-state index in [1.165, 1.54) is 29.2 Å². The van der Waals surface area contributed by atoms with E-state index >= 15 is 0 Å². The van der Waals surface area contributed by atoms with E-state index in [9.17, 15) is 0 Å². The Kier molecular flexibility index (Phi) is 4.62. The van der Waals surface area contributed by atoms with Crippen LogP contribution < -0.4 is 5.32 Å². The van der Waals surface area contributed by atoms with Gasteiger partial charge in [0.1, 0.15) is 0 Å². The first-order valence-electron chi connectivity index (χ1n) is 5.78. The summed E-state index contributed by atoms with van der Waals surface area (Å²) in [6.45, 7) is 2.33. The molecule has 0 aromatic heterocycles. The van der Waals surface area contributed by atoms with Gasteiger partial charge in [0.05, 0.1) is 0 Å². The monoisotopic (exact) mass is 253 g/mol. The summed E-state index contributed by atoms with van der Waals surface area (Å²) in [5.74, 6) is 0.711. The smallest absolute Gasteiger partial charge is 0.0240 e. The average Bonchev–Trinajstić information content (AvgIpc) is 2.38. The van der Waals surface area contributed by atoms with Crippen LogP contribution in [0.3, 0.4) is 0 Å². The molecule has 1 aromatic rings. The minimum Gasteiger partial charge on any atom is -0.316 e. The normalized spacial score (nSPS) is 21.0. The molecule has 2 rings (SSSR count). The molecule has 0 saturated carbocycles. The number of hydrogen-bond donors (Lipinski definition) is 1. The SMILES string of the molecule is CSc1cccc(C2CCCNC2)c1SC. The van der Waals surface area contributed by atoms with Crippen molar-refractivity contribution in [2.45, 2.75) is 28.6 Å². The van der Waals surface area contributed by atoms with Crippen molar-refractivity contribution in [2.75, 3.05) is 25.6 Å². The summed E-state index contributed by atoms with van der Waals surface area (Å²) in [5.41, 5.74) is 1.55. The summed E-state index contributed by atoms with van der Waals surface area (Å²) >= 11 is 3.75. The van der Waals surface area contributed by atoms with Gasteiger partial charge in [0.25, 0.3) is 0 Å². The third kappa shape index (κ3) is 2.58. The summed E-state index contributed by atoms with van der Waals surface area (Å²) < 4.78 is 0. The Morgan fingerprint density at radius 2 is 2.12 bits per heavy atom. The highest BCUT2D eigenvalue weighted by Crippen LogP contribution is 2.37. The summed E-state index contributed by atoms with van der Waals surface area (Å²) in [6.07, 6.45) is 6.99. The van der Waals surface area contributed by atoms with E-state index in [4.69, 9.17) is 0 Å². The van der Waals surface area contributed by atoms with Crippen molar-refractivity contribution >= 4 is 23.5 Å². The third-order valence-electron chi connectivity index (χ3n) is 3.17. The number of nitrogens with one attached hydrogen (secondary N) is 1. The van der Waals surface area contributed by atoms with Crippen LogP contribution in [0.25, 0.3) is 0 Å². The molecule has 0 bridgehead atoms. The standard InChI is InChI=1S/C13H19NS2/c1-15-12-7-3-6-11(13(12)16-2)10-5-4-8-14-9-10/h3,6-7,10,14H,4-5,8-9H2,1-2H3. The summed E-state index contributed by atoms with van der Waals surface area (Å²) in [5, 5.41) is 3.51. The topological polar surface area (TPSA) is 12.0 Å². The second-order valence-electron chi connectivity index (χ2n) is 4.13. The molecule has 1 saturated heterocycles. The molecule has 1 atom stereocenters. The van der Waals surface area contributed by atoms with Crippen LogP contribution in [0.1, 0.15) is 24.3 Å². The molecule has 0 amide bonds. The summed E-state index contributed by atoms with van der Waals surface area (Å²) in [6, 6.07) is 6.75. The van der Waals surface area contributed by atoms with Crippen molar-refractivity contribution < 1.29 is 0 Å². The predicted octanol–water partition coefficient (Wildman–Crippen LogP) is 3.60. The minimum atomic E-state index is 0.711. The molecule has 1 unspecified atom stereocenters. The lowest BCUT2D eigenvalue weighted by molar-refractivity contribution is 0.456. The molecule has 1 heterocycles. The fourth-order valence-electron chi connectivity index (χ4n) is 2.35. The van der Waals surface area contributed by atoms with Crippen LogP contribution in [-0.4, -0.2) is 25.6 Å². The molecule has 16 heavy (non-hydrogen) atoms. The Morgan fingerprint density at radius 1 is 1.25 bits per heavy atom. The van der Waals surface area contributed by atoms with E-state index in [0.29, 0.717) is 5.92 Å². The van der Waals surface area contributed by atoms with Gasteiger partial charge in [0.2, 0.25) is 0 Å². The van der Waals surface area contributed by atoms with E-state index in [1.807, 2.05) is 23.5 Å². The van der Waals surface area contributed by atoms with Crippen LogP contribution in [0.15, 0.2) is 28.0 Å². The van der Waals surface area contributed by atoms with Gasteiger partial charge < -0.3 is 5.32 Å². The molecule has 1 fully saturated rings. The van der Waals surface area contributed by atoms with Crippen LogP contribution in [0.4, 0.5) is 0 Å². The zero-order chi connectivity index (χ0) is 11.4. The second kappa shape index (κ2) is 5.99. The van der Waals surface area contributed by atoms with Crippen LogP contribution >= 0.6 is 23.5 Å². The maximum atomic E-state index is 3.51. The molecule has 88 valence electrons. The van der Waals surface area contributed by atoms with Crippen LogP contribution in [0, 0.1) is 0 Å². The minimum absolute atomic E-state index is 0.711. The predicted molar refractivity (Wildman–Crippen MR) is 74.8 cm³/mol. The first kappa shape index (κ1) is 12.3. The van der Waals surface area contributed by atoms with E-state index < -0.39 is 0 Å². The van der Waals surface area contributed by atoms with Gasteiger partial charge in [-0.1, -0.05) is 12.1 Å². The highest BCUT2D eigenvalue weighted by molar-refractivity contribution is 8.01. The summed E-state index contributed by atoms with van der Waals surface area (Å²) in [4.78, 5) is 2.92. The zero-order valence-corrected chi connectivity index (χ0v) is 11.6. The molecular weight excluding hydrogens is 234 g/mol. The van der Waals surface area contributed by atoms with Crippen molar-refractivity contribution in [1.29, 1.82) is 0 Å². The van der Waals surface area contributed by atoms with Gasteiger partial charge in [-0.3, -0.25) is 0 Å². The van der Waals surface area contributed by atoms with Crippen molar-refractivity contribution in [3.8, 4) is 0 Å². The molecule has 1 aliphatic rings. The lowest BCUT2D eigenvalue weighted by atomic mass is 9.92. The van der Waals surface area contributed by atoms with Gasteiger partial charge in [-0.25, -0.2) is 0 Å².